The Bertz CT molecular complexity index is 1350. The van der Waals surface area contributed by atoms with Crippen LogP contribution in [0.4, 0.5) is 16.6 Å². The van der Waals surface area contributed by atoms with Crippen molar-refractivity contribution in [2.75, 3.05) is 29.9 Å². The van der Waals surface area contributed by atoms with Gasteiger partial charge in [0.1, 0.15) is 5.52 Å². The number of amides is 2. The van der Waals surface area contributed by atoms with Gasteiger partial charge < -0.3 is 24.8 Å². The van der Waals surface area contributed by atoms with Gasteiger partial charge in [-0.2, -0.15) is 4.98 Å². The van der Waals surface area contributed by atoms with Gasteiger partial charge in [-0.25, -0.2) is 14.8 Å². The minimum absolute atomic E-state index is 0.0246. The molecule has 0 unspecified atom stereocenters. The van der Waals surface area contributed by atoms with Crippen LogP contribution in [-0.4, -0.2) is 79.1 Å². The van der Waals surface area contributed by atoms with Crippen molar-refractivity contribution in [2.24, 2.45) is 17.8 Å². The molecule has 2 saturated carbocycles. The average Bonchev–Trinajstić information content (AvgIpc) is 3.25. The molecule has 0 aromatic carbocycles. The molecule has 3 heterocycles. The van der Waals surface area contributed by atoms with Crippen molar-refractivity contribution >= 4 is 40.8 Å². The number of anilines is 2. The maximum atomic E-state index is 12.1. The zero-order valence-electron chi connectivity index (χ0n) is 24.2. The third-order valence-corrected chi connectivity index (χ3v) is 9.11. The number of terminal acetylenes is 1. The number of carbonyl (C=O) groups is 2. The Balaban J connectivity index is 1.59. The molecule has 220 valence electrons. The molecule has 12 nitrogen and oxygen atoms in total. The summed E-state index contributed by atoms with van der Waals surface area (Å²) < 4.78 is 2.21. The van der Waals surface area contributed by atoms with Crippen LogP contribution in [0.25, 0.3) is 11.2 Å². The maximum absolute atomic E-state index is 12.1. The molecule has 0 spiro atoms. The number of hydrogen-bond donors (Lipinski definition) is 4. The van der Waals surface area contributed by atoms with Crippen LogP contribution in [-0.2, 0) is 11.3 Å². The number of aromatic nitrogens is 4. The highest BCUT2D eigenvalue weighted by Crippen LogP contribution is 2.36. The van der Waals surface area contributed by atoms with E-state index in [1.165, 1.54) is 6.42 Å². The lowest BCUT2D eigenvalue weighted by atomic mass is 9.80. The zero-order valence-corrected chi connectivity index (χ0v) is 24.2. The van der Waals surface area contributed by atoms with Gasteiger partial charge >= 0.3 is 6.09 Å². The van der Waals surface area contributed by atoms with Crippen molar-refractivity contribution in [2.45, 2.75) is 84.3 Å². The summed E-state index contributed by atoms with van der Waals surface area (Å²) in [7, 11) is 0. The third kappa shape index (κ3) is 6.09. The van der Waals surface area contributed by atoms with Gasteiger partial charge in [0.15, 0.2) is 23.1 Å². The molecular weight excluding hydrogens is 522 g/mol. The number of imidazole rings is 1. The Hall–Kier alpha value is -3.88. The molecule has 2 atom stereocenters. The second kappa shape index (κ2) is 11.9. The summed E-state index contributed by atoms with van der Waals surface area (Å²) in [5.74, 6) is 5.14. The van der Waals surface area contributed by atoms with E-state index < -0.39 is 11.9 Å². The molecule has 1 saturated heterocycles. The third-order valence-electron chi connectivity index (χ3n) is 9.11. The van der Waals surface area contributed by atoms with E-state index in [1.807, 2.05) is 4.90 Å². The fourth-order valence-electron chi connectivity index (χ4n) is 6.38. The summed E-state index contributed by atoms with van der Waals surface area (Å²) in [6.07, 6.45) is 11.9. The number of hydrogen-bond acceptors (Lipinski definition) is 8. The van der Waals surface area contributed by atoms with Crippen LogP contribution in [0.2, 0.25) is 0 Å². The molecule has 3 aliphatic rings. The fourth-order valence-corrected chi connectivity index (χ4v) is 6.38. The van der Waals surface area contributed by atoms with Gasteiger partial charge in [-0.1, -0.05) is 6.42 Å². The number of rotatable bonds is 7. The maximum Gasteiger partial charge on any atom is 0.410 e. The monoisotopic (exact) mass is 563 g/mol. The summed E-state index contributed by atoms with van der Waals surface area (Å²) in [4.78, 5) is 41.8. The highest BCUT2D eigenvalue weighted by atomic mass is 16.4. The first-order valence-electron chi connectivity index (χ1n) is 14.8. The molecule has 1 aliphatic heterocycles. The number of amidine groups is 1. The fraction of sp³-hybridized carbons (Fsp3) is 0.655. The molecule has 0 bridgehead atoms. The predicted octanol–water partition coefficient (Wildman–Crippen LogP) is 3.52. The van der Waals surface area contributed by atoms with Gasteiger partial charge in [-0.05, 0) is 64.2 Å². The van der Waals surface area contributed by atoms with Crippen LogP contribution in [0, 0.1) is 35.5 Å². The van der Waals surface area contributed by atoms with Gasteiger partial charge in [-0.15, -0.1) is 12.3 Å². The number of nitrogens with zero attached hydrogens (tertiary/aromatic N) is 6. The van der Waals surface area contributed by atoms with E-state index in [2.05, 4.69) is 44.9 Å². The number of piperazine rings is 1. The lowest BCUT2D eigenvalue weighted by molar-refractivity contribution is -0.129. The molecule has 3 fully saturated rings. The van der Waals surface area contributed by atoms with E-state index in [1.54, 1.807) is 6.92 Å². The van der Waals surface area contributed by atoms with Gasteiger partial charge in [0.05, 0.1) is 0 Å². The van der Waals surface area contributed by atoms with Gasteiger partial charge in [0.25, 0.3) is 0 Å². The largest absolute Gasteiger partial charge is 0.465 e. The molecule has 2 aliphatic carbocycles. The first kappa shape index (κ1) is 28.6. The highest BCUT2D eigenvalue weighted by Gasteiger charge is 2.33. The van der Waals surface area contributed by atoms with Gasteiger partial charge in [-0.3, -0.25) is 15.5 Å². The van der Waals surface area contributed by atoms with Crippen molar-refractivity contribution in [3.8, 4) is 12.3 Å². The number of carbonyl (C=O) groups excluding carboxylic acids is 1. The van der Waals surface area contributed by atoms with E-state index in [9.17, 15) is 14.7 Å². The number of carboxylic acid groups (broad SMARTS) is 1. The second-order valence-electron chi connectivity index (χ2n) is 11.9. The number of fused-ring (bicyclic) bond motifs is 1. The molecule has 2 amide bonds. The Labute approximate surface area is 240 Å². The predicted molar refractivity (Wildman–Crippen MR) is 157 cm³/mol. The molecule has 5 rings (SSSR count). The van der Waals surface area contributed by atoms with Gasteiger partial charge in [0, 0.05) is 51.1 Å². The van der Waals surface area contributed by atoms with E-state index in [4.69, 9.17) is 21.8 Å². The lowest BCUT2D eigenvalue weighted by Crippen LogP contribution is -2.54. The summed E-state index contributed by atoms with van der Waals surface area (Å²) >= 11 is 0. The van der Waals surface area contributed by atoms with Crippen LogP contribution in [0.15, 0.2) is 0 Å². The topological polar surface area (TPSA) is 152 Å². The Morgan fingerprint density at radius 1 is 1.15 bits per heavy atom. The normalized spacial score (nSPS) is 23.9. The quantitative estimate of drug-likeness (QED) is 0.227. The average molecular weight is 564 g/mol. The van der Waals surface area contributed by atoms with E-state index in [-0.39, 0.29) is 23.8 Å². The van der Waals surface area contributed by atoms with Crippen molar-refractivity contribution < 1.29 is 14.7 Å². The van der Waals surface area contributed by atoms with Crippen molar-refractivity contribution in [1.29, 1.82) is 5.41 Å². The summed E-state index contributed by atoms with van der Waals surface area (Å²) in [6, 6.07) is 0.178. The van der Waals surface area contributed by atoms with Crippen LogP contribution < -0.4 is 15.5 Å². The molecule has 2 aromatic heterocycles. The molecular formula is C29H41N9O3. The summed E-state index contributed by atoms with van der Waals surface area (Å²) in [5, 5.41) is 23.2. The highest BCUT2D eigenvalue weighted by molar-refractivity contribution is 6.03. The first-order chi connectivity index (χ1) is 19.6. The van der Waals surface area contributed by atoms with Crippen LogP contribution in [0.1, 0.15) is 71.5 Å². The molecule has 0 radical (unpaired) electrons. The standard InChI is InChI=1S/C29H41N9O3/c1-5-20-9-11-21(12-10-20)16-38-23-25(31-18(3)22-7-6-8-22)33-27(24(30)32-29(40)41)34-26(23)35-28(38)37-14-13-36(19(4)39)15-17(37)2/h1,17-18,20-22H,6-16H2,2-4H3,(H2,30,32)(H,40,41)(H,31,33,34)/t17-,18-,20?,21?/m1/s1. The van der Waals surface area contributed by atoms with E-state index >= 15 is 0 Å². The lowest BCUT2D eigenvalue weighted by Gasteiger charge is -2.40. The Morgan fingerprint density at radius 3 is 2.46 bits per heavy atom. The van der Waals surface area contributed by atoms with E-state index in [0.717, 1.165) is 56.5 Å². The Kier molecular flexibility index (Phi) is 8.33. The van der Waals surface area contributed by atoms with Crippen LogP contribution in [0.3, 0.4) is 0 Å². The first-order valence-corrected chi connectivity index (χ1v) is 14.8. The van der Waals surface area contributed by atoms with Crippen LogP contribution >= 0.6 is 0 Å². The van der Waals surface area contributed by atoms with Gasteiger partial charge in [0.2, 0.25) is 11.9 Å². The Morgan fingerprint density at radius 2 is 1.88 bits per heavy atom. The minimum Gasteiger partial charge on any atom is -0.465 e. The second-order valence-corrected chi connectivity index (χ2v) is 11.9. The molecule has 2 aromatic rings. The molecule has 4 N–H and O–H groups in total. The SMILES string of the molecule is C#CC1CCC(Cn2c(N3CCN(C(C)=O)C[C@H]3C)nc3nc(C(=N)NC(=O)O)nc(N[C@H](C)C4CCC4)c32)CC1. The zero-order chi connectivity index (χ0) is 29.3. The smallest absolute Gasteiger partial charge is 0.410 e. The summed E-state index contributed by atoms with van der Waals surface area (Å²) in [5.41, 5.74) is 1.18. The van der Waals surface area contributed by atoms with Crippen molar-refractivity contribution in [1.82, 2.24) is 29.7 Å². The number of nitrogens with one attached hydrogen (secondary N) is 3. The van der Waals surface area contributed by atoms with Crippen LogP contribution in [0.5, 0.6) is 0 Å². The molecule has 41 heavy (non-hydrogen) atoms. The molecule has 12 heteroatoms. The van der Waals surface area contributed by atoms with Crippen molar-refractivity contribution in [3.05, 3.63) is 5.82 Å². The minimum atomic E-state index is -1.35. The van der Waals surface area contributed by atoms with E-state index in [0.29, 0.717) is 48.9 Å². The summed E-state index contributed by atoms with van der Waals surface area (Å²) in [6.45, 7) is 8.39. The van der Waals surface area contributed by atoms with Crippen molar-refractivity contribution in [3.63, 3.8) is 0 Å².